The monoisotopic (exact) mass is 270 g/mol. The summed E-state index contributed by atoms with van der Waals surface area (Å²) in [6, 6.07) is 8.97. The summed E-state index contributed by atoms with van der Waals surface area (Å²) < 4.78 is 0. The first-order valence-corrected chi connectivity index (χ1v) is 7.84. The van der Waals surface area contributed by atoms with Crippen molar-refractivity contribution in [3.63, 3.8) is 0 Å². The molecule has 1 aromatic heterocycles. The Bertz CT molecular complexity index is 561. The molecule has 0 aliphatic heterocycles. The quantitative estimate of drug-likeness (QED) is 0.767. The molecule has 2 heteroatoms. The molecule has 2 N–H and O–H groups in total. The lowest BCUT2D eigenvalue weighted by atomic mass is 10.0. The van der Waals surface area contributed by atoms with Crippen LogP contribution in [0.25, 0.3) is 10.9 Å². The van der Waals surface area contributed by atoms with E-state index in [1.165, 1.54) is 41.5 Å². The molecule has 0 saturated carbocycles. The lowest BCUT2D eigenvalue weighted by Gasteiger charge is -2.08. The molecule has 20 heavy (non-hydrogen) atoms. The second kappa shape index (κ2) is 7.39. The zero-order chi connectivity index (χ0) is 14.4. The van der Waals surface area contributed by atoms with E-state index in [1.54, 1.807) is 0 Å². The Kier molecular flexibility index (Phi) is 5.54. The Balaban J connectivity index is 2.22. The molecule has 0 aliphatic rings. The van der Waals surface area contributed by atoms with Gasteiger partial charge < -0.3 is 5.73 Å². The molecule has 0 radical (unpaired) electrons. The first-order valence-electron chi connectivity index (χ1n) is 7.84. The van der Waals surface area contributed by atoms with Crippen molar-refractivity contribution in [1.82, 2.24) is 4.98 Å². The van der Waals surface area contributed by atoms with E-state index < -0.39 is 0 Å². The van der Waals surface area contributed by atoms with Gasteiger partial charge in [0.1, 0.15) is 0 Å². The largest absolute Gasteiger partial charge is 0.330 e. The SMILES string of the molecule is CCCCc1ccc2nc(CCCCN)cc(C)c2c1. The first-order chi connectivity index (χ1) is 9.74. The fraction of sp³-hybridized carbons (Fsp3) is 0.500. The third kappa shape index (κ3) is 3.80. The molecule has 0 aliphatic carbocycles. The molecule has 0 unspecified atom stereocenters. The van der Waals surface area contributed by atoms with Crippen molar-refractivity contribution in [2.45, 2.75) is 52.4 Å². The Morgan fingerprint density at radius 3 is 2.65 bits per heavy atom. The summed E-state index contributed by atoms with van der Waals surface area (Å²) in [4.78, 5) is 4.79. The fourth-order valence-corrected chi connectivity index (χ4v) is 2.63. The molecule has 1 heterocycles. The maximum atomic E-state index is 5.55. The van der Waals surface area contributed by atoms with E-state index in [1.807, 2.05) is 0 Å². The number of rotatable bonds is 7. The number of benzene rings is 1. The number of nitrogens with two attached hydrogens (primary N) is 1. The van der Waals surface area contributed by atoms with Gasteiger partial charge in [0, 0.05) is 11.1 Å². The smallest absolute Gasteiger partial charge is 0.0708 e. The van der Waals surface area contributed by atoms with Gasteiger partial charge in [-0.05, 0) is 74.9 Å². The van der Waals surface area contributed by atoms with Gasteiger partial charge in [0.2, 0.25) is 0 Å². The lowest BCUT2D eigenvalue weighted by molar-refractivity contribution is 0.734. The summed E-state index contributed by atoms with van der Waals surface area (Å²) in [6.45, 7) is 5.20. The van der Waals surface area contributed by atoms with Gasteiger partial charge in [0.05, 0.1) is 5.52 Å². The van der Waals surface area contributed by atoms with Crippen LogP contribution < -0.4 is 5.73 Å². The highest BCUT2D eigenvalue weighted by atomic mass is 14.7. The van der Waals surface area contributed by atoms with E-state index in [0.717, 1.165) is 31.3 Å². The molecule has 2 nitrogen and oxygen atoms in total. The minimum atomic E-state index is 0.771. The Hall–Kier alpha value is -1.41. The Morgan fingerprint density at radius 1 is 1.05 bits per heavy atom. The van der Waals surface area contributed by atoms with Crippen LogP contribution in [0, 0.1) is 6.92 Å². The number of pyridine rings is 1. The van der Waals surface area contributed by atoms with Gasteiger partial charge in [-0.2, -0.15) is 0 Å². The topological polar surface area (TPSA) is 38.9 Å². The van der Waals surface area contributed by atoms with Crippen LogP contribution in [0.1, 0.15) is 49.4 Å². The van der Waals surface area contributed by atoms with Crippen LogP contribution in [-0.2, 0) is 12.8 Å². The highest BCUT2D eigenvalue weighted by Gasteiger charge is 2.04. The highest BCUT2D eigenvalue weighted by Crippen LogP contribution is 2.21. The summed E-state index contributed by atoms with van der Waals surface area (Å²) in [5.41, 5.74) is 10.7. The van der Waals surface area contributed by atoms with Gasteiger partial charge in [-0.25, -0.2) is 0 Å². The summed E-state index contributed by atoms with van der Waals surface area (Å²) in [6.07, 6.45) is 6.91. The molecular weight excluding hydrogens is 244 g/mol. The van der Waals surface area contributed by atoms with Crippen LogP contribution in [0.15, 0.2) is 24.3 Å². The predicted octanol–water partition coefficient (Wildman–Crippen LogP) is 4.17. The van der Waals surface area contributed by atoms with Crippen molar-refractivity contribution >= 4 is 10.9 Å². The normalized spacial score (nSPS) is 11.2. The minimum absolute atomic E-state index is 0.771. The number of aromatic nitrogens is 1. The molecule has 0 saturated heterocycles. The molecule has 0 bridgehead atoms. The van der Waals surface area contributed by atoms with Crippen molar-refractivity contribution in [2.24, 2.45) is 5.73 Å². The number of hydrogen-bond donors (Lipinski definition) is 1. The van der Waals surface area contributed by atoms with Gasteiger partial charge in [-0.15, -0.1) is 0 Å². The number of fused-ring (bicyclic) bond motifs is 1. The van der Waals surface area contributed by atoms with Gasteiger partial charge in [-0.3, -0.25) is 4.98 Å². The van der Waals surface area contributed by atoms with Gasteiger partial charge in [-0.1, -0.05) is 19.4 Å². The van der Waals surface area contributed by atoms with E-state index >= 15 is 0 Å². The molecule has 2 aromatic rings. The summed E-state index contributed by atoms with van der Waals surface area (Å²) >= 11 is 0. The van der Waals surface area contributed by atoms with Crippen LogP contribution in [-0.4, -0.2) is 11.5 Å². The van der Waals surface area contributed by atoms with Crippen LogP contribution in [0.3, 0.4) is 0 Å². The summed E-state index contributed by atoms with van der Waals surface area (Å²) in [5, 5.41) is 1.31. The van der Waals surface area contributed by atoms with Crippen molar-refractivity contribution in [2.75, 3.05) is 6.54 Å². The zero-order valence-electron chi connectivity index (χ0n) is 12.8. The van der Waals surface area contributed by atoms with Gasteiger partial charge >= 0.3 is 0 Å². The van der Waals surface area contributed by atoms with Crippen LogP contribution in [0.2, 0.25) is 0 Å². The third-order valence-electron chi connectivity index (χ3n) is 3.84. The number of aryl methyl sites for hydroxylation is 3. The average molecular weight is 270 g/mol. The van der Waals surface area contributed by atoms with Crippen LogP contribution >= 0.6 is 0 Å². The molecule has 0 amide bonds. The number of nitrogens with zero attached hydrogens (tertiary/aromatic N) is 1. The minimum Gasteiger partial charge on any atom is -0.330 e. The maximum absolute atomic E-state index is 5.55. The highest BCUT2D eigenvalue weighted by molar-refractivity contribution is 5.82. The third-order valence-corrected chi connectivity index (χ3v) is 3.84. The Morgan fingerprint density at radius 2 is 1.90 bits per heavy atom. The lowest BCUT2D eigenvalue weighted by Crippen LogP contribution is -2.00. The molecule has 0 spiro atoms. The summed E-state index contributed by atoms with van der Waals surface area (Å²) in [7, 11) is 0. The van der Waals surface area contributed by atoms with Gasteiger partial charge in [0.15, 0.2) is 0 Å². The number of unbranched alkanes of at least 4 members (excludes halogenated alkanes) is 2. The van der Waals surface area contributed by atoms with Crippen LogP contribution in [0.5, 0.6) is 0 Å². The first kappa shape index (κ1) is 15.0. The van der Waals surface area contributed by atoms with Crippen molar-refractivity contribution in [1.29, 1.82) is 0 Å². The fourth-order valence-electron chi connectivity index (χ4n) is 2.63. The van der Waals surface area contributed by atoms with E-state index in [2.05, 4.69) is 38.1 Å². The van der Waals surface area contributed by atoms with E-state index in [-0.39, 0.29) is 0 Å². The van der Waals surface area contributed by atoms with Gasteiger partial charge in [0.25, 0.3) is 0 Å². The summed E-state index contributed by atoms with van der Waals surface area (Å²) in [5.74, 6) is 0. The predicted molar refractivity (Wildman–Crippen MR) is 87.1 cm³/mol. The Labute approximate surface area is 122 Å². The second-order valence-corrected chi connectivity index (χ2v) is 5.63. The van der Waals surface area contributed by atoms with Crippen molar-refractivity contribution in [3.8, 4) is 0 Å². The number of hydrogen-bond acceptors (Lipinski definition) is 2. The molecule has 108 valence electrons. The van der Waals surface area contributed by atoms with Crippen LogP contribution in [0.4, 0.5) is 0 Å². The standard InChI is InChI=1S/C18H26N2/c1-3-4-7-15-9-10-18-17(13-15)14(2)12-16(20-18)8-5-6-11-19/h9-10,12-13H,3-8,11,19H2,1-2H3. The van der Waals surface area contributed by atoms with E-state index in [0.29, 0.717) is 0 Å². The molecular formula is C18H26N2. The average Bonchev–Trinajstić information content (AvgIpc) is 2.46. The molecule has 0 atom stereocenters. The van der Waals surface area contributed by atoms with E-state index in [9.17, 15) is 0 Å². The maximum Gasteiger partial charge on any atom is 0.0708 e. The van der Waals surface area contributed by atoms with Crippen molar-refractivity contribution in [3.05, 3.63) is 41.1 Å². The van der Waals surface area contributed by atoms with E-state index in [4.69, 9.17) is 10.7 Å². The molecule has 2 rings (SSSR count). The zero-order valence-corrected chi connectivity index (χ0v) is 12.8. The molecule has 0 fully saturated rings. The second-order valence-electron chi connectivity index (χ2n) is 5.63. The van der Waals surface area contributed by atoms with Crippen molar-refractivity contribution < 1.29 is 0 Å². The molecule has 1 aromatic carbocycles.